The molecule has 0 spiro atoms. The fraction of sp³-hybridized carbons (Fsp3) is 0.800. The molecule has 1 aromatic heterocycles. The van der Waals surface area contributed by atoms with E-state index in [1.54, 1.807) is 0 Å². The zero-order chi connectivity index (χ0) is 13.8. The normalized spacial score (nSPS) is 20.9. The molecule has 108 valence electrons. The first-order chi connectivity index (χ1) is 9.17. The zero-order valence-corrected chi connectivity index (χ0v) is 14.0. The molecular formula is C15H26BrN3. The minimum atomic E-state index is 0.770. The summed E-state index contributed by atoms with van der Waals surface area (Å²) in [6.07, 6.45) is 6.72. The quantitative estimate of drug-likeness (QED) is 0.810. The van der Waals surface area contributed by atoms with Crippen molar-refractivity contribution in [2.45, 2.75) is 72.0 Å². The topological polar surface area (TPSA) is 21.1 Å². The minimum absolute atomic E-state index is 0.770. The monoisotopic (exact) mass is 327 g/mol. The van der Waals surface area contributed by atoms with Crippen LogP contribution in [0, 0.1) is 6.92 Å². The fourth-order valence-corrected chi connectivity index (χ4v) is 3.55. The highest BCUT2D eigenvalue weighted by Crippen LogP contribution is 2.27. The van der Waals surface area contributed by atoms with Gasteiger partial charge in [0, 0.05) is 19.1 Å². The number of halogens is 1. The molecular weight excluding hydrogens is 302 g/mol. The number of aromatic nitrogens is 2. The van der Waals surface area contributed by atoms with Crippen molar-refractivity contribution in [3.05, 3.63) is 15.9 Å². The van der Waals surface area contributed by atoms with Gasteiger partial charge in [-0.2, -0.15) is 5.10 Å². The number of likely N-dealkylation sites (tertiary alicyclic amines) is 1. The predicted octanol–water partition coefficient (Wildman–Crippen LogP) is 4.13. The Morgan fingerprint density at radius 2 is 2.11 bits per heavy atom. The van der Waals surface area contributed by atoms with Gasteiger partial charge in [0.25, 0.3) is 0 Å². The first kappa shape index (κ1) is 15.0. The summed E-state index contributed by atoms with van der Waals surface area (Å²) in [7, 11) is 0. The van der Waals surface area contributed by atoms with Crippen molar-refractivity contribution >= 4 is 15.9 Å². The summed E-state index contributed by atoms with van der Waals surface area (Å²) in [5.41, 5.74) is 2.46. The molecule has 2 heterocycles. The Labute approximate surface area is 125 Å². The lowest BCUT2D eigenvalue weighted by Crippen LogP contribution is -2.39. The van der Waals surface area contributed by atoms with Crippen molar-refractivity contribution in [1.29, 1.82) is 0 Å². The third kappa shape index (κ3) is 3.40. The van der Waals surface area contributed by atoms with Gasteiger partial charge >= 0.3 is 0 Å². The molecule has 0 N–H and O–H groups in total. The maximum absolute atomic E-state index is 4.61. The van der Waals surface area contributed by atoms with Gasteiger partial charge in [-0.3, -0.25) is 9.58 Å². The standard InChI is InChI=1S/C15H26BrN3/c1-4-8-13-9-6-7-10-18(13)11-14-15(16)12(3)17-19(14)5-2/h13H,4-11H2,1-3H3. The maximum Gasteiger partial charge on any atom is 0.0739 e. The van der Waals surface area contributed by atoms with Gasteiger partial charge in [-0.25, -0.2) is 0 Å². The molecule has 0 saturated carbocycles. The van der Waals surface area contributed by atoms with E-state index in [0.717, 1.165) is 24.8 Å². The molecule has 4 heteroatoms. The summed E-state index contributed by atoms with van der Waals surface area (Å²) in [4.78, 5) is 2.67. The van der Waals surface area contributed by atoms with E-state index in [1.807, 2.05) is 0 Å². The average molecular weight is 328 g/mol. The number of piperidine rings is 1. The third-order valence-corrected chi connectivity index (χ3v) is 5.21. The largest absolute Gasteiger partial charge is 0.295 e. The number of aryl methyl sites for hydroxylation is 2. The summed E-state index contributed by atoms with van der Waals surface area (Å²) < 4.78 is 3.35. The molecule has 3 nitrogen and oxygen atoms in total. The molecule has 1 saturated heterocycles. The summed E-state index contributed by atoms with van der Waals surface area (Å²) in [5.74, 6) is 0. The molecule has 2 rings (SSSR count). The van der Waals surface area contributed by atoms with Crippen LogP contribution in [0.25, 0.3) is 0 Å². The van der Waals surface area contributed by atoms with Crippen LogP contribution in [-0.2, 0) is 13.1 Å². The van der Waals surface area contributed by atoms with Gasteiger partial charge in [0.15, 0.2) is 0 Å². The van der Waals surface area contributed by atoms with Gasteiger partial charge in [0.2, 0.25) is 0 Å². The highest BCUT2D eigenvalue weighted by Gasteiger charge is 2.24. The van der Waals surface area contributed by atoms with E-state index in [4.69, 9.17) is 0 Å². The van der Waals surface area contributed by atoms with Gasteiger partial charge in [-0.1, -0.05) is 19.8 Å². The Kier molecular flexibility index (Phi) is 5.46. The van der Waals surface area contributed by atoms with Crippen LogP contribution in [0.1, 0.15) is 57.3 Å². The number of nitrogens with zero attached hydrogens (tertiary/aromatic N) is 3. The lowest BCUT2D eigenvalue weighted by molar-refractivity contribution is 0.127. The van der Waals surface area contributed by atoms with Crippen molar-refractivity contribution in [2.24, 2.45) is 0 Å². The van der Waals surface area contributed by atoms with Crippen molar-refractivity contribution in [3.8, 4) is 0 Å². The highest BCUT2D eigenvalue weighted by molar-refractivity contribution is 9.10. The zero-order valence-electron chi connectivity index (χ0n) is 12.5. The molecule has 0 aromatic carbocycles. The van der Waals surface area contributed by atoms with Crippen molar-refractivity contribution < 1.29 is 0 Å². The van der Waals surface area contributed by atoms with E-state index in [1.165, 1.54) is 48.8 Å². The first-order valence-corrected chi connectivity index (χ1v) is 8.42. The Morgan fingerprint density at radius 3 is 2.79 bits per heavy atom. The first-order valence-electron chi connectivity index (χ1n) is 7.63. The van der Waals surface area contributed by atoms with Gasteiger partial charge in [0.05, 0.1) is 15.9 Å². The van der Waals surface area contributed by atoms with E-state index in [9.17, 15) is 0 Å². The average Bonchev–Trinajstić information content (AvgIpc) is 2.69. The molecule has 1 atom stereocenters. The second kappa shape index (κ2) is 6.89. The van der Waals surface area contributed by atoms with Gasteiger partial charge in [0.1, 0.15) is 0 Å². The summed E-state index contributed by atoms with van der Waals surface area (Å²) in [5, 5.41) is 4.61. The van der Waals surface area contributed by atoms with E-state index in [2.05, 4.69) is 51.4 Å². The Bertz CT molecular complexity index is 412. The Hall–Kier alpha value is -0.350. The molecule has 19 heavy (non-hydrogen) atoms. The maximum atomic E-state index is 4.61. The smallest absolute Gasteiger partial charge is 0.0739 e. The summed E-state index contributed by atoms with van der Waals surface area (Å²) in [6, 6.07) is 0.770. The van der Waals surface area contributed by atoms with Gasteiger partial charge in [-0.05, 0) is 55.6 Å². The molecule has 1 unspecified atom stereocenters. The van der Waals surface area contributed by atoms with Crippen molar-refractivity contribution in [2.75, 3.05) is 6.54 Å². The van der Waals surface area contributed by atoms with Crippen LogP contribution < -0.4 is 0 Å². The number of hydrogen-bond acceptors (Lipinski definition) is 2. The van der Waals surface area contributed by atoms with Crippen LogP contribution in [0.15, 0.2) is 4.47 Å². The second-order valence-corrected chi connectivity index (χ2v) is 6.36. The van der Waals surface area contributed by atoms with E-state index >= 15 is 0 Å². The molecule has 1 aromatic rings. The molecule has 0 radical (unpaired) electrons. The van der Waals surface area contributed by atoms with Crippen LogP contribution >= 0.6 is 15.9 Å². The highest BCUT2D eigenvalue weighted by atomic mass is 79.9. The fourth-order valence-electron chi connectivity index (χ4n) is 3.14. The Morgan fingerprint density at radius 1 is 1.32 bits per heavy atom. The molecule has 0 amide bonds. The lowest BCUT2D eigenvalue weighted by Gasteiger charge is -2.35. The van der Waals surface area contributed by atoms with Crippen LogP contribution in [0.5, 0.6) is 0 Å². The Balaban J connectivity index is 2.14. The van der Waals surface area contributed by atoms with Gasteiger partial charge < -0.3 is 0 Å². The molecule has 1 aliphatic rings. The van der Waals surface area contributed by atoms with E-state index < -0.39 is 0 Å². The molecule has 1 aliphatic heterocycles. The molecule has 1 fully saturated rings. The number of hydrogen-bond donors (Lipinski definition) is 0. The summed E-state index contributed by atoms with van der Waals surface area (Å²) in [6.45, 7) is 9.78. The lowest BCUT2D eigenvalue weighted by atomic mass is 9.98. The van der Waals surface area contributed by atoms with Gasteiger partial charge in [-0.15, -0.1) is 0 Å². The van der Waals surface area contributed by atoms with Crippen LogP contribution in [-0.4, -0.2) is 27.3 Å². The predicted molar refractivity (Wildman–Crippen MR) is 83.3 cm³/mol. The summed E-state index contributed by atoms with van der Waals surface area (Å²) >= 11 is 3.72. The van der Waals surface area contributed by atoms with Crippen LogP contribution in [0.3, 0.4) is 0 Å². The van der Waals surface area contributed by atoms with Crippen molar-refractivity contribution in [1.82, 2.24) is 14.7 Å². The van der Waals surface area contributed by atoms with E-state index in [-0.39, 0.29) is 0 Å². The van der Waals surface area contributed by atoms with Crippen molar-refractivity contribution in [3.63, 3.8) is 0 Å². The minimum Gasteiger partial charge on any atom is -0.295 e. The number of rotatable bonds is 5. The van der Waals surface area contributed by atoms with E-state index in [0.29, 0.717) is 0 Å². The molecule has 0 bridgehead atoms. The van der Waals surface area contributed by atoms with Crippen LogP contribution in [0.2, 0.25) is 0 Å². The third-order valence-electron chi connectivity index (χ3n) is 4.18. The second-order valence-electron chi connectivity index (χ2n) is 5.57. The molecule has 0 aliphatic carbocycles. The SMILES string of the molecule is CCCC1CCCCN1Cc1c(Br)c(C)nn1CC. The van der Waals surface area contributed by atoms with Crippen LogP contribution in [0.4, 0.5) is 0 Å².